The molecule has 0 saturated heterocycles. The smallest absolute Gasteiger partial charge is 0.414 e. The van der Waals surface area contributed by atoms with Crippen molar-refractivity contribution >= 4 is 33.6 Å². The van der Waals surface area contributed by atoms with Crippen LogP contribution in [0.1, 0.15) is 32.1 Å². The van der Waals surface area contributed by atoms with E-state index in [9.17, 15) is 5.11 Å². The summed E-state index contributed by atoms with van der Waals surface area (Å²) >= 11 is 0. The second-order valence-electron chi connectivity index (χ2n) is 10.8. The number of aliphatic hydroxyl groups excluding tert-OH is 1. The van der Waals surface area contributed by atoms with Gasteiger partial charge in [0.15, 0.2) is 0 Å². The van der Waals surface area contributed by atoms with Crippen molar-refractivity contribution in [3.05, 3.63) is 97.1 Å². The van der Waals surface area contributed by atoms with Crippen molar-refractivity contribution < 1.29 is 24.9 Å². The van der Waals surface area contributed by atoms with E-state index in [1.807, 2.05) is 0 Å². The summed E-state index contributed by atoms with van der Waals surface area (Å²) in [4.78, 5) is 18.2. The lowest BCUT2D eigenvalue weighted by Crippen LogP contribution is -2.38. The molecule has 1 unspecified atom stereocenters. The van der Waals surface area contributed by atoms with Crippen LogP contribution in [-0.2, 0) is 16.1 Å². The SMILES string of the molecule is O=C(O)C(=O)O.OC(CNC1CCCCC1)Cn1c(-c2ccccc2)c(-c2ccccc2)c2ccc3ccccc3c21. The number of nitrogens with one attached hydrogen (secondary N) is 1. The fourth-order valence-corrected chi connectivity index (χ4v) is 5.98. The van der Waals surface area contributed by atoms with Gasteiger partial charge in [0.2, 0.25) is 0 Å². The Balaban J connectivity index is 0.000000535. The first-order valence-electron chi connectivity index (χ1n) is 14.5. The lowest BCUT2D eigenvalue weighted by Gasteiger charge is -2.25. The molecular weight excluding hydrogens is 528 g/mol. The van der Waals surface area contributed by atoms with Crippen LogP contribution in [0.2, 0.25) is 0 Å². The van der Waals surface area contributed by atoms with Gasteiger partial charge in [0.1, 0.15) is 0 Å². The van der Waals surface area contributed by atoms with E-state index >= 15 is 0 Å². The van der Waals surface area contributed by atoms with Gasteiger partial charge >= 0.3 is 11.9 Å². The number of fused-ring (bicyclic) bond motifs is 3. The molecule has 7 heteroatoms. The number of carboxylic acids is 2. The number of rotatable bonds is 7. The third-order valence-corrected chi connectivity index (χ3v) is 7.88. The van der Waals surface area contributed by atoms with Crippen molar-refractivity contribution in [2.24, 2.45) is 0 Å². The van der Waals surface area contributed by atoms with Gasteiger partial charge < -0.3 is 25.2 Å². The van der Waals surface area contributed by atoms with Crippen LogP contribution < -0.4 is 5.32 Å². The number of benzene rings is 4. The number of aliphatic hydroxyl groups is 1. The second kappa shape index (κ2) is 13.5. The zero-order chi connectivity index (χ0) is 29.5. The Hall–Kier alpha value is -4.46. The van der Waals surface area contributed by atoms with E-state index in [1.54, 1.807) is 0 Å². The Kier molecular flexibility index (Phi) is 9.31. The summed E-state index contributed by atoms with van der Waals surface area (Å²) in [6.07, 6.45) is 5.88. The minimum absolute atomic E-state index is 0.479. The molecule has 0 bridgehead atoms. The molecular formula is C35H36N2O5. The van der Waals surface area contributed by atoms with Gasteiger partial charge in [-0.15, -0.1) is 0 Å². The molecule has 7 nitrogen and oxygen atoms in total. The summed E-state index contributed by atoms with van der Waals surface area (Å²) in [6.45, 7) is 1.16. The molecule has 5 aromatic rings. The molecule has 6 rings (SSSR count). The first-order chi connectivity index (χ1) is 20.4. The lowest BCUT2D eigenvalue weighted by atomic mass is 9.95. The largest absolute Gasteiger partial charge is 0.473 e. The van der Waals surface area contributed by atoms with Gasteiger partial charge in [-0.25, -0.2) is 9.59 Å². The molecule has 0 spiro atoms. The third-order valence-electron chi connectivity index (χ3n) is 7.88. The van der Waals surface area contributed by atoms with Gasteiger partial charge in [0.25, 0.3) is 0 Å². The van der Waals surface area contributed by atoms with E-state index in [2.05, 4.69) is 107 Å². The van der Waals surface area contributed by atoms with Gasteiger partial charge in [-0.2, -0.15) is 0 Å². The second-order valence-corrected chi connectivity index (χ2v) is 10.8. The molecule has 42 heavy (non-hydrogen) atoms. The Bertz CT molecular complexity index is 1650. The van der Waals surface area contributed by atoms with Gasteiger partial charge in [-0.05, 0) is 29.4 Å². The predicted octanol–water partition coefficient (Wildman–Crippen LogP) is 6.57. The Morgan fingerprint density at radius 1 is 0.738 bits per heavy atom. The zero-order valence-corrected chi connectivity index (χ0v) is 23.4. The molecule has 4 N–H and O–H groups in total. The van der Waals surface area contributed by atoms with Crippen molar-refractivity contribution in [2.75, 3.05) is 6.54 Å². The van der Waals surface area contributed by atoms with E-state index in [4.69, 9.17) is 19.8 Å². The Labute approximate surface area is 245 Å². The highest BCUT2D eigenvalue weighted by molar-refractivity contribution is 6.27. The maximum absolute atomic E-state index is 11.3. The normalized spacial score (nSPS) is 14.3. The molecule has 216 valence electrons. The standard InChI is InChI=1S/C33H34N2O.C2H2O4/c36-28(22-34-27-17-8-3-9-18-27)23-35-32(26-15-6-2-7-16-26)31(25-13-4-1-5-14-25)30-21-20-24-12-10-11-19-29(24)33(30)35;3-1(4)2(5)6/h1-2,4-7,10-16,19-21,27-28,34,36H,3,8-9,17-18,22-23H2;(H,3,4)(H,5,6). The Morgan fingerprint density at radius 2 is 1.33 bits per heavy atom. The number of carboxylic acid groups (broad SMARTS) is 2. The minimum Gasteiger partial charge on any atom is -0.473 e. The molecule has 4 aromatic carbocycles. The molecule has 1 aliphatic rings. The maximum Gasteiger partial charge on any atom is 0.414 e. The van der Waals surface area contributed by atoms with E-state index in [0.29, 0.717) is 19.1 Å². The Morgan fingerprint density at radius 3 is 1.98 bits per heavy atom. The quantitative estimate of drug-likeness (QED) is 0.167. The molecule has 1 atom stereocenters. The number of aromatic nitrogens is 1. The van der Waals surface area contributed by atoms with Gasteiger partial charge in [-0.1, -0.05) is 116 Å². The molecule has 1 aromatic heterocycles. The number of aliphatic carboxylic acids is 2. The van der Waals surface area contributed by atoms with E-state index in [1.165, 1.54) is 76.2 Å². The van der Waals surface area contributed by atoms with Crippen LogP contribution in [0.3, 0.4) is 0 Å². The summed E-state index contributed by atoms with van der Waals surface area (Å²) in [6, 6.07) is 34.9. The third kappa shape index (κ3) is 6.54. The highest BCUT2D eigenvalue weighted by atomic mass is 16.4. The number of carbonyl (C=O) groups is 2. The lowest BCUT2D eigenvalue weighted by molar-refractivity contribution is -0.159. The molecule has 1 heterocycles. The van der Waals surface area contributed by atoms with Crippen molar-refractivity contribution in [1.29, 1.82) is 0 Å². The first kappa shape index (κ1) is 29.0. The van der Waals surface area contributed by atoms with Crippen LogP contribution in [0.25, 0.3) is 44.1 Å². The van der Waals surface area contributed by atoms with Crippen LogP contribution in [0.5, 0.6) is 0 Å². The highest BCUT2D eigenvalue weighted by Crippen LogP contribution is 2.43. The summed E-state index contributed by atoms with van der Waals surface area (Å²) in [5.41, 5.74) is 5.97. The summed E-state index contributed by atoms with van der Waals surface area (Å²) in [5.74, 6) is -3.65. The molecule has 1 saturated carbocycles. The zero-order valence-electron chi connectivity index (χ0n) is 23.4. The van der Waals surface area contributed by atoms with Crippen molar-refractivity contribution in [2.45, 2.75) is 50.8 Å². The maximum atomic E-state index is 11.3. The van der Waals surface area contributed by atoms with Crippen LogP contribution in [0, 0.1) is 0 Å². The van der Waals surface area contributed by atoms with Crippen LogP contribution in [-0.4, -0.2) is 50.5 Å². The topological polar surface area (TPSA) is 112 Å². The van der Waals surface area contributed by atoms with E-state index in [-0.39, 0.29) is 0 Å². The summed E-state index contributed by atoms with van der Waals surface area (Å²) < 4.78 is 2.38. The van der Waals surface area contributed by atoms with Crippen molar-refractivity contribution in [3.63, 3.8) is 0 Å². The average Bonchev–Trinajstić information content (AvgIpc) is 3.36. The number of nitrogens with zero attached hydrogens (tertiary/aromatic N) is 1. The first-order valence-corrected chi connectivity index (χ1v) is 14.5. The van der Waals surface area contributed by atoms with Gasteiger partial charge in [0, 0.05) is 28.9 Å². The van der Waals surface area contributed by atoms with Crippen LogP contribution in [0.4, 0.5) is 0 Å². The van der Waals surface area contributed by atoms with Crippen LogP contribution in [0.15, 0.2) is 97.1 Å². The fraction of sp³-hybridized carbons (Fsp3) is 0.257. The molecule has 0 radical (unpaired) electrons. The summed E-state index contributed by atoms with van der Waals surface area (Å²) in [5, 5.41) is 33.4. The highest BCUT2D eigenvalue weighted by Gasteiger charge is 2.23. The van der Waals surface area contributed by atoms with Gasteiger partial charge in [0.05, 0.1) is 23.9 Å². The average molecular weight is 565 g/mol. The van der Waals surface area contributed by atoms with E-state index < -0.39 is 18.0 Å². The van der Waals surface area contributed by atoms with Crippen LogP contribution >= 0.6 is 0 Å². The molecule has 0 amide bonds. The monoisotopic (exact) mass is 564 g/mol. The van der Waals surface area contributed by atoms with Crippen molar-refractivity contribution in [1.82, 2.24) is 9.88 Å². The molecule has 1 aliphatic carbocycles. The van der Waals surface area contributed by atoms with E-state index in [0.717, 1.165) is 0 Å². The predicted molar refractivity (Wildman–Crippen MR) is 166 cm³/mol. The summed E-state index contributed by atoms with van der Waals surface area (Å²) in [7, 11) is 0. The molecule has 0 aliphatic heterocycles. The van der Waals surface area contributed by atoms with Gasteiger partial charge in [-0.3, -0.25) is 0 Å². The fourth-order valence-electron chi connectivity index (χ4n) is 5.98. The number of hydrogen-bond acceptors (Lipinski definition) is 4. The molecule has 1 fully saturated rings. The minimum atomic E-state index is -1.82. The van der Waals surface area contributed by atoms with Crippen molar-refractivity contribution in [3.8, 4) is 22.4 Å². The number of hydrogen-bond donors (Lipinski definition) is 4.